The molecule has 1 amide bonds. The molecule has 0 heterocycles. The molecule has 0 radical (unpaired) electrons. The number of nitrogen functional groups attached to an aromatic ring is 1. The van der Waals surface area contributed by atoms with Crippen molar-refractivity contribution in [1.29, 1.82) is 5.26 Å². The van der Waals surface area contributed by atoms with Crippen molar-refractivity contribution in [3.8, 4) is 6.07 Å². The largest absolute Gasteiger partial charge is 0.397 e. The van der Waals surface area contributed by atoms with Gasteiger partial charge in [0.1, 0.15) is 5.82 Å². The third kappa shape index (κ3) is 4.94. The Morgan fingerprint density at radius 2 is 2.32 bits per heavy atom. The molecule has 0 atom stereocenters. The first-order chi connectivity index (χ1) is 9.06. The van der Waals surface area contributed by atoms with E-state index < -0.39 is 5.82 Å². The minimum Gasteiger partial charge on any atom is -0.397 e. The molecule has 0 spiro atoms. The number of rotatable bonds is 6. The van der Waals surface area contributed by atoms with Gasteiger partial charge in [-0.3, -0.25) is 9.69 Å². The molecule has 0 aliphatic heterocycles. The number of halogens is 1. The first-order valence-corrected chi connectivity index (χ1v) is 6.01. The lowest BCUT2D eigenvalue weighted by Crippen LogP contribution is -2.33. The molecule has 3 N–H and O–H groups in total. The van der Waals surface area contributed by atoms with Crippen LogP contribution in [-0.4, -0.2) is 30.4 Å². The molecular weight excluding hydrogens is 247 g/mol. The van der Waals surface area contributed by atoms with E-state index in [-0.39, 0.29) is 18.1 Å². The van der Waals surface area contributed by atoms with Gasteiger partial charge < -0.3 is 11.1 Å². The zero-order valence-corrected chi connectivity index (χ0v) is 10.8. The van der Waals surface area contributed by atoms with Crippen molar-refractivity contribution in [3.63, 3.8) is 0 Å². The highest BCUT2D eigenvalue weighted by atomic mass is 19.1. The summed E-state index contributed by atoms with van der Waals surface area (Å²) in [7, 11) is 0. The van der Waals surface area contributed by atoms with E-state index in [0.29, 0.717) is 25.2 Å². The summed E-state index contributed by atoms with van der Waals surface area (Å²) >= 11 is 0. The van der Waals surface area contributed by atoms with Crippen LogP contribution >= 0.6 is 0 Å². The molecule has 1 rings (SSSR count). The molecule has 0 bridgehead atoms. The number of benzene rings is 1. The summed E-state index contributed by atoms with van der Waals surface area (Å²) in [5.74, 6) is -0.683. The Bertz CT molecular complexity index is 484. The van der Waals surface area contributed by atoms with Crippen molar-refractivity contribution >= 4 is 17.3 Å². The first-order valence-electron chi connectivity index (χ1n) is 6.01. The predicted octanol–water partition coefficient (Wildman–Crippen LogP) is 1.58. The summed E-state index contributed by atoms with van der Waals surface area (Å²) in [5, 5.41) is 11.1. The van der Waals surface area contributed by atoms with Crippen LogP contribution in [0, 0.1) is 17.1 Å². The highest BCUT2D eigenvalue weighted by Gasteiger charge is 2.10. The molecule has 102 valence electrons. The SMILES string of the molecule is CCN(CCC#N)CC(=O)Nc1ccc(F)cc1N. The Kier molecular flexibility index (Phi) is 5.76. The van der Waals surface area contributed by atoms with Gasteiger partial charge in [0.05, 0.1) is 24.0 Å². The summed E-state index contributed by atoms with van der Waals surface area (Å²) in [6, 6.07) is 5.85. The standard InChI is InChI=1S/C13H17FN4O/c1-2-18(7-3-6-15)9-13(19)17-12-5-4-10(14)8-11(12)16/h4-5,8H,2-3,7,9,16H2,1H3,(H,17,19). The van der Waals surface area contributed by atoms with Gasteiger partial charge in [0, 0.05) is 13.0 Å². The highest BCUT2D eigenvalue weighted by molar-refractivity contribution is 5.95. The van der Waals surface area contributed by atoms with Gasteiger partial charge in [0.15, 0.2) is 0 Å². The summed E-state index contributed by atoms with van der Waals surface area (Å²) in [4.78, 5) is 13.6. The fourth-order valence-corrected chi connectivity index (χ4v) is 1.60. The summed E-state index contributed by atoms with van der Waals surface area (Å²) in [6.07, 6.45) is 0.375. The molecule has 1 aromatic carbocycles. The Morgan fingerprint density at radius 1 is 1.58 bits per heavy atom. The smallest absolute Gasteiger partial charge is 0.238 e. The number of nitriles is 1. The number of carbonyl (C=O) groups is 1. The first kappa shape index (κ1) is 14.9. The Hall–Kier alpha value is -2.13. The number of likely N-dealkylation sites (N-methyl/N-ethyl adjacent to an activating group) is 1. The number of hydrogen-bond acceptors (Lipinski definition) is 4. The third-order valence-electron chi connectivity index (χ3n) is 2.64. The van der Waals surface area contributed by atoms with Crippen LogP contribution in [0.4, 0.5) is 15.8 Å². The molecule has 0 saturated carbocycles. The highest BCUT2D eigenvalue weighted by Crippen LogP contribution is 2.18. The van der Waals surface area contributed by atoms with Gasteiger partial charge in [-0.15, -0.1) is 0 Å². The number of carbonyl (C=O) groups excluding carboxylic acids is 1. The number of nitrogens with zero attached hydrogens (tertiary/aromatic N) is 2. The molecular formula is C13H17FN4O. The molecule has 0 unspecified atom stereocenters. The van der Waals surface area contributed by atoms with Crippen molar-refractivity contribution in [2.45, 2.75) is 13.3 Å². The lowest BCUT2D eigenvalue weighted by Gasteiger charge is -2.18. The van der Waals surface area contributed by atoms with Crippen LogP contribution in [0.25, 0.3) is 0 Å². The Balaban J connectivity index is 2.57. The van der Waals surface area contributed by atoms with Gasteiger partial charge in [-0.2, -0.15) is 5.26 Å². The topological polar surface area (TPSA) is 82.2 Å². The van der Waals surface area contributed by atoms with Crippen LogP contribution in [0.3, 0.4) is 0 Å². The van der Waals surface area contributed by atoms with E-state index in [1.54, 1.807) is 0 Å². The molecule has 5 nitrogen and oxygen atoms in total. The lowest BCUT2D eigenvalue weighted by molar-refractivity contribution is -0.117. The average molecular weight is 264 g/mol. The molecule has 0 aliphatic rings. The number of amides is 1. The van der Waals surface area contributed by atoms with Crippen molar-refractivity contribution in [3.05, 3.63) is 24.0 Å². The zero-order chi connectivity index (χ0) is 14.3. The van der Waals surface area contributed by atoms with E-state index in [4.69, 9.17) is 11.0 Å². The van der Waals surface area contributed by atoms with Crippen LogP contribution in [0.15, 0.2) is 18.2 Å². The van der Waals surface area contributed by atoms with Crippen molar-refractivity contribution < 1.29 is 9.18 Å². The fourth-order valence-electron chi connectivity index (χ4n) is 1.60. The van der Waals surface area contributed by atoms with Crippen molar-refractivity contribution in [2.24, 2.45) is 0 Å². The minimum absolute atomic E-state index is 0.176. The molecule has 1 aromatic rings. The minimum atomic E-state index is -0.445. The van der Waals surface area contributed by atoms with Crippen LogP contribution < -0.4 is 11.1 Å². The van der Waals surface area contributed by atoms with E-state index in [1.807, 2.05) is 17.9 Å². The summed E-state index contributed by atoms with van der Waals surface area (Å²) in [5.41, 5.74) is 6.18. The normalized spacial score (nSPS) is 10.2. The average Bonchev–Trinajstić information content (AvgIpc) is 2.38. The molecule has 19 heavy (non-hydrogen) atoms. The number of nitrogens with one attached hydrogen (secondary N) is 1. The second-order valence-corrected chi connectivity index (χ2v) is 4.06. The number of anilines is 2. The summed E-state index contributed by atoms with van der Waals surface area (Å²) in [6.45, 7) is 3.30. The van der Waals surface area contributed by atoms with Gasteiger partial charge in [0.2, 0.25) is 5.91 Å². The predicted molar refractivity (Wildman–Crippen MR) is 71.8 cm³/mol. The molecule has 0 saturated heterocycles. The maximum Gasteiger partial charge on any atom is 0.238 e. The molecule has 6 heteroatoms. The van der Waals surface area contributed by atoms with Gasteiger partial charge >= 0.3 is 0 Å². The summed E-state index contributed by atoms with van der Waals surface area (Å²) < 4.78 is 12.9. The maximum absolute atomic E-state index is 12.9. The van der Waals surface area contributed by atoms with Crippen molar-refractivity contribution in [2.75, 3.05) is 30.7 Å². The fraction of sp³-hybridized carbons (Fsp3) is 0.385. The zero-order valence-electron chi connectivity index (χ0n) is 10.8. The molecule has 0 fully saturated rings. The second-order valence-electron chi connectivity index (χ2n) is 4.06. The number of nitrogens with two attached hydrogens (primary N) is 1. The van der Waals surface area contributed by atoms with Crippen LogP contribution in [0.1, 0.15) is 13.3 Å². The van der Waals surface area contributed by atoms with E-state index in [1.165, 1.54) is 12.1 Å². The van der Waals surface area contributed by atoms with E-state index in [9.17, 15) is 9.18 Å². The van der Waals surface area contributed by atoms with Crippen molar-refractivity contribution in [1.82, 2.24) is 4.90 Å². The third-order valence-corrected chi connectivity index (χ3v) is 2.64. The van der Waals surface area contributed by atoms with Gasteiger partial charge in [-0.05, 0) is 24.7 Å². The van der Waals surface area contributed by atoms with Crippen LogP contribution in [0.2, 0.25) is 0 Å². The monoisotopic (exact) mass is 264 g/mol. The van der Waals surface area contributed by atoms with Gasteiger partial charge in [0.25, 0.3) is 0 Å². The molecule has 0 aromatic heterocycles. The second kappa shape index (κ2) is 7.34. The Morgan fingerprint density at radius 3 is 2.89 bits per heavy atom. The Labute approximate surface area is 111 Å². The lowest BCUT2D eigenvalue weighted by atomic mass is 10.2. The van der Waals surface area contributed by atoms with Gasteiger partial charge in [-0.25, -0.2) is 4.39 Å². The van der Waals surface area contributed by atoms with E-state index in [2.05, 4.69) is 5.32 Å². The van der Waals surface area contributed by atoms with Crippen LogP contribution in [0.5, 0.6) is 0 Å². The van der Waals surface area contributed by atoms with E-state index >= 15 is 0 Å². The number of hydrogen-bond donors (Lipinski definition) is 2. The quantitative estimate of drug-likeness (QED) is 0.764. The van der Waals surface area contributed by atoms with Crippen LogP contribution in [-0.2, 0) is 4.79 Å². The van der Waals surface area contributed by atoms with Gasteiger partial charge in [-0.1, -0.05) is 6.92 Å². The maximum atomic E-state index is 12.9. The molecule has 0 aliphatic carbocycles. The van der Waals surface area contributed by atoms with E-state index in [0.717, 1.165) is 6.07 Å².